The van der Waals surface area contributed by atoms with E-state index in [-0.39, 0.29) is 23.1 Å². The summed E-state index contributed by atoms with van der Waals surface area (Å²) in [5.41, 5.74) is -1.77. The molecule has 138 valence electrons. The smallest absolute Gasteiger partial charge is 0.333 e. The molecule has 0 radical (unpaired) electrons. The molecule has 1 aromatic heterocycles. The third-order valence-corrected chi connectivity index (χ3v) is 4.87. The van der Waals surface area contributed by atoms with Gasteiger partial charge in [-0.1, -0.05) is 0 Å². The minimum absolute atomic E-state index is 0.0107. The Morgan fingerprint density at radius 2 is 2.12 bits per heavy atom. The maximum absolute atomic E-state index is 12.7. The van der Waals surface area contributed by atoms with Gasteiger partial charge >= 0.3 is 6.18 Å². The summed E-state index contributed by atoms with van der Waals surface area (Å²) >= 11 is 0.837. The highest BCUT2D eigenvalue weighted by molar-refractivity contribution is 8.00. The Morgan fingerprint density at radius 1 is 1.35 bits per heavy atom. The zero-order valence-corrected chi connectivity index (χ0v) is 14.0. The highest BCUT2D eigenvalue weighted by atomic mass is 32.2. The predicted octanol–water partition coefficient (Wildman–Crippen LogP) is 2.34. The highest BCUT2D eigenvalue weighted by Gasteiger charge is 2.33. The number of fused-ring (bicyclic) bond motifs is 1. The van der Waals surface area contributed by atoms with Crippen LogP contribution in [0.2, 0.25) is 0 Å². The Bertz CT molecular complexity index is 855. The molecule has 0 bridgehead atoms. The first-order valence-electron chi connectivity index (χ1n) is 7.38. The van der Waals surface area contributed by atoms with E-state index in [4.69, 9.17) is 0 Å². The van der Waals surface area contributed by atoms with Crippen molar-refractivity contribution in [1.29, 1.82) is 0 Å². The lowest BCUT2D eigenvalue weighted by atomic mass is 10.2. The van der Waals surface area contributed by atoms with Crippen molar-refractivity contribution in [3.63, 3.8) is 0 Å². The minimum Gasteiger partial charge on any atom is -0.333 e. The van der Waals surface area contributed by atoms with E-state index in [1.54, 1.807) is 6.33 Å². The van der Waals surface area contributed by atoms with Gasteiger partial charge in [-0.05, 0) is 12.1 Å². The lowest BCUT2D eigenvalue weighted by molar-refractivity contribution is -0.388. The number of alkyl halides is 3. The third-order valence-electron chi connectivity index (χ3n) is 3.83. The van der Waals surface area contributed by atoms with Crippen molar-refractivity contribution in [1.82, 2.24) is 19.7 Å². The van der Waals surface area contributed by atoms with Crippen LogP contribution in [-0.2, 0) is 24.1 Å². The van der Waals surface area contributed by atoms with Gasteiger partial charge in [0.15, 0.2) is 5.82 Å². The lowest BCUT2D eigenvalue weighted by Gasteiger charge is -2.26. The van der Waals surface area contributed by atoms with E-state index in [1.165, 1.54) is 4.90 Å². The summed E-state index contributed by atoms with van der Waals surface area (Å²) in [7, 11) is 0. The van der Waals surface area contributed by atoms with Crippen LogP contribution in [0, 0.1) is 10.1 Å². The van der Waals surface area contributed by atoms with Crippen molar-refractivity contribution in [3.05, 3.63) is 46.0 Å². The number of hydrogen-bond donors (Lipinski definition) is 0. The second kappa shape index (κ2) is 6.94. The van der Waals surface area contributed by atoms with E-state index in [1.807, 2.05) is 4.57 Å². The molecule has 26 heavy (non-hydrogen) atoms. The Labute approximate surface area is 149 Å². The molecule has 0 saturated heterocycles. The van der Waals surface area contributed by atoms with E-state index in [0.29, 0.717) is 25.0 Å². The largest absolute Gasteiger partial charge is 0.416 e. The minimum atomic E-state index is -4.67. The molecule has 3 rings (SSSR count). The SMILES string of the molecule is O=C(CSc1ccc(C(F)(F)F)cc1[N+](=O)[O-])N1CCn2cnnc2C1. The van der Waals surface area contributed by atoms with Crippen molar-refractivity contribution in [2.75, 3.05) is 12.3 Å². The van der Waals surface area contributed by atoms with Crippen LogP contribution in [0.15, 0.2) is 29.4 Å². The Hall–Kier alpha value is -2.63. The first-order valence-corrected chi connectivity index (χ1v) is 8.37. The molecule has 2 aromatic rings. The summed E-state index contributed by atoms with van der Waals surface area (Å²) in [6.45, 7) is 1.26. The Balaban J connectivity index is 1.69. The molecule has 0 fully saturated rings. The van der Waals surface area contributed by atoms with Crippen molar-refractivity contribution in [2.24, 2.45) is 0 Å². The fourth-order valence-electron chi connectivity index (χ4n) is 2.47. The number of thioether (sulfide) groups is 1. The molecule has 1 aliphatic rings. The number of rotatable bonds is 4. The van der Waals surface area contributed by atoms with Gasteiger partial charge in [0.2, 0.25) is 5.91 Å². The third kappa shape index (κ3) is 3.79. The normalized spacial score (nSPS) is 14.2. The average molecular weight is 387 g/mol. The molecule has 0 aliphatic carbocycles. The second-order valence-corrected chi connectivity index (χ2v) is 6.50. The van der Waals surface area contributed by atoms with Crippen LogP contribution < -0.4 is 0 Å². The fourth-order valence-corrected chi connectivity index (χ4v) is 3.38. The number of halogens is 3. The highest BCUT2D eigenvalue weighted by Crippen LogP contribution is 2.36. The fraction of sp³-hybridized carbons (Fsp3) is 0.357. The first kappa shape index (κ1) is 18.2. The predicted molar refractivity (Wildman–Crippen MR) is 84.3 cm³/mol. The van der Waals surface area contributed by atoms with Crippen molar-refractivity contribution in [3.8, 4) is 0 Å². The molecule has 0 N–H and O–H groups in total. The van der Waals surface area contributed by atoms with Gasteiger partial charge in [-0.25, -0.2) is 0 Å². The van der Waals surface area contributed by atoms with Crippen LogP contribution in [-0.4, -0.2) is 42.8 Å². The molecular weight excluding hydrogens is 375 g/mol. The number of hydrogen-bond acceptors (Lipinski definition) is 6. The van der Waals surface area contributed by atoms with Crippen LogP contribution in [0.5, 0.6) is 0 Å². The first-order chi connectivity index (χ1) is 12.3. The molecule has 0 unspecified atom stereocenters. The zero-order chi connectivity index (χ0) is 18.9. The number of nitro benzene ring substituents is 1. The molecule has 0 saturated carbocycles. The molecule has 0 atom stereocenters. The number of carbonyl (C=O) groups is 1. The average Bonchev–Trinajstić information content (AvgIpc) is 3.06. The quantitative estimate of drug-likeness (QED) is 0.454. The van der Waals surface area contributed by atoms with E-state index in [2.05, 4.69) is 10.2 Å². The van der Waals surface area contributed by atoms with E-state index >= 15 is 0 Å². The Morgan fingerprint density at radius 3 is 2.81 bits per heavy atom. The zero-order valence-electron chi connectivity index (χ0n) is 13.1. The van der Waals surface area contributed by atoms with Crippen LogP contribution in [0.4, 0.5) is 18.9 Å². The number of benzene rings is 1. The van der Waals surface area contributed by atoms with Crippen LogP contribution in [0.25, 0.3) is 0 Å². The summed E-state index contributed by atoms with van der Waals surface area (Å²) in [5, 5.41) is 18.7. The molecule has 0 spiro atoms. The molecule has 1 aliphatic heterocycles. The molecule has 1 amide bonds. The van der Waals surface area contributed by atoms with Crippen molar-refractivity contribution < 1.29 is 22.9 Å². The number of aromatic nitrogens is 3. The number of carbonyl (C=O) groups excluding carboxylic acids is 1. The summed E-state index contributed by atoms with van der Waals surface area (Å²) in [4.78, 5) is 24.0. The number of nitrogens with zero attached hydrogens (tertiary/aromatic N) is 5. The van der Waals surface area contributed by atoms with E-state index < -0.39 is 22.4 Å². The molecular formula is C14H12F3N5O3S. The van der Waals surface area contributed by atoms with Gasteiger partial charge < -0.3 is 9.47 Å². The lowest BCUT2D eigenvalue weighted by Crippen LogP contribution is -2.39. The topological polar surface area (TPSA) is 94.2 Å². The summed E-state index contributed by atoms with van der Waals surface area (Å²) in [6, 6.07) is 2.27. The number of amides is 1. The van der Waals surface area contributed by atoms with Gasteiger partial charge in [0.1, 0.15) is 6.33 Å². The van der Waals surface area contributed by atoms with E-state index in [9.17, 15) is 28.1 Å². The Kier molecular flexibility index (Phi) is 4.85. The van der Waals surface area contributed by atoms with Crippen molar-refractivity contribution in [2.45, 2.75) is 24.2 Å². The van der Waals surface area contributed by atoms with Gasteiger partial charge in [0.25, 0.3) is 5.69 Å². The monoisotopic (exact) mass is 387 g/mol. The van der Waals surface area contributed by atoms with Gasteiger partial charge in [0.05, 0.1) is 27.7 Å². The van der Waals surface area contributed by atoms with Gasteiger partial charge in [-0.15, -0.1) is 22.0 Å². The van der Waals surface area contributed by atoms with Gasteiger partial charge in [0, 0.05) is 19.2 Å². The number of nitro groups is 1. The summed E-state index contributed by atoms with van der Waals surface area (Å²) in [5.74, 6) is 0.230. The van der Waals surface area contributed by atoms with Crippen LogP contribution in [0.1, 0.15) is 11.4 Å². The van der Waals surface area contributed by atoms with Gasteiger partial charge in [-0.3, -0.25) is 14.9 Å². The molecule has 1 aromatic carbocycles. The summed E-state index contributed by atoms with van der Waals surface area (Å²) in [6.07, 6.45) is -3.11. The van der Waals surface area contributed by atoms with E-state index in [0.717, 1.165) is 23.9 Å². The standard InChI is InChI=1S/C14H12F3N5O3S/c15-14(16,17)9-1-2-11(10(5-9)22(24)25)26-7-13(23)20-3-4-21-8-18-19-12(21)6-20/h1-2,5,8H,3-4,6-7H2. The van der Waals surface area contributed by atoms with Gasteiger partial charge in [-0.2, -0.15) is 13.2 Å². The molecule has 2 heterocycles. The summed E-state index contributed by atoms with van der Waals surface area (Å²) < 4.78 is 40.0. The van der Waals surface area contributed by atoms with Crippen LogP contribution >= 0.6 is 11.8 Å². The van der Waals surface area contributed by atoms with Crippen LogP contribution in [0.3, 0.4) is 0 Å². The van der Waals surface area contributed by atoms with Crippen molar-refractivity contribution >= 4 is 23.4 Å². The second-order valence-electron chi connectivity index (χ2n) is 5.48. The molecule has 12 heteroatoms. The maximum Gasteiger partial charge on any atom is 0.416 e. The maximum atomic E-state index is 12.7. The molecule has 8 nitrogen and oxygen atoms in total.